The topological polar surface area (TPSA) is 69.6 Å². The summed E-state index contributed by atoms with van der Waals surface area (Å²) in [6.07, 6.45) is 2.89. The van der Waals surface area contributed by atoms with Crippen LogP contribution in [0.5, 0.6) is 0 Å². The van der Waals surface area contributed by atoms with Crippen LogP contribution in [0.15, 0.2) is 24.3 Å². The molecule has 3 rings (SSSR count). The first-order valence-electron chi connectivity index (χ1n) is 7.43. The van der Waals surface area contributed by atoms with Gasteiger partial charge in [0.15, 0.2) is 0 Å². The van der Waals surface area contributed by atoms with Gasteiger partial charge >= 0.3 is 5.97 Å². The number of rotatable bonds is 2. The largest absolute Gasteiger partial charge is 0.480 e. The summed E-state index contributed by atoms with van der Waals surface area (Å²) in [4.78, 5) is 26.0. The number of benzene rings is 1. The van der Waals surface area contributed by atoms with E-state index < -0.39 is 12.0 Å². The molecule has 0 bridgehead atoms. The summed E-state index contributed by atoms with van der Waals surface area (Å²) in [5, 5.41) is 12.6. The van der Waals surface area contributed by atoms with Crippen LogP contribution < -0.4 is 5.32 Å². The predicted octanol–water partition coefficient (Wildman–Crippen LogP) is 1.34. The molecule has 21 heavy (non-hydrogen) atoms. The van der Waals surface area contributed by atoms with E-state index in [0.717, 1.165) is 30.4 Å². The van der Waals surface area contributed by atoms with E-state index in [1.54, 1.807) is 11.9 Å². The SMILES string of the molecule is CNC1CCCC2c3ccccc3C[C@@H](C(=O)O)N2C1=O. The van der Waals surface area contributed by atoms with Crippen molar-refractivity contribution in [3.05, 3.63) is 35.4 Å². The van der Waals surface area contributed by atoms with Crippen LogP contribution in [0.4, 0.5) is 0 Å². The lowest BCUT2D eigenvalue weighted by atomic mass is 9.86. The first kappa shape index (κ1) is 14.1. The summed E-state index contributed by atoms with van der Waals surface area (Å²) in [6.45, 7) is 0. The van der Waals surface area contributed by atoms with E-state index in [2.05, 4.69) is 5.32 Å². The van der Waals surface area contributed by atoms with E-state index in [1.165, 1.54) is 0 Å². The molecule has 5 heteroatoms. The lowest BCUT2D eigenvalue weighted by molar-refractivity contribution is -0.153. The van der Waals surface area contributed by atoms with Crippen LogP contribution in [0.1, 0.15) is 36.4 Å². The second-order valence-electron chi connectivity index (χ2n) is 5.79. The number of hydrogen-bond donors (Lipinski definition) is 2. The lowest BCUT2D eigenvalue weighted by Gasteiger charge is -2.41. The van der Waals surface area contributed by atoms with Crippen LogP contribution in [0.2, 0.25) is 0 Å². The van der Waals surface area contributed by atoms with Crippen LogP contribution in [-0.4, -0.2) is 41.0 Å². The molecule has 2 aliphatic heterocycles. The Hall–Kier alpha value is -1.88. The van der Waals surface area contributed by atoms with Crippen LogP contribution >= 0.6 is 0 Å². The normalized spacial score (nSPS) is 28.5. The zero-order valence-electron chi connectivity index (χ0n) is 12.1. The number of hydrogen-bond acceptors (Lipinski definition) is 3. The van der Waals surface area contributed by atoms with Gasteiger partial charge < -0.3 is 15.3 Å². The number of carboxylic acid groups (broad SMARTS) is 1. The number of carboxylic acids is 1. The number of carbonyl (C=O) groups is 2. The summed E-state index contributed by atoms with van der Waals surface area (Å²) in [5.74, 6) is -0.999. The minimum atomic E-state index is -0.917. The Bertz CT molecular complexity index is 572. The van der Waals surface area contributed by atoms with Crippen molar-refractivity contribution in [3.63, 3.8) is 0 Å². The highest BCUT2D eigenvalue weighted by atomic mass is 16.4. The highest BCUT2D eigenvalue weighted by Crippen LogP contribution is 2.39. The Morgan fingerprint density at radius 2 is 2.10 bits per heavy atom. The average Bonchev–Trinajstić information content (AvgIpc) is 2.66. The van der Waals surface area contributed by atoms with Gasteiger partial charge in [0.1, 0.15) is 6.04 Å². The summed E-state index contributed by atoms with van der Waals surface area (Å²) in [5.41, 5.74) is 2.17. The minimum Gasteiger partial charge on any atom is -0.480 e. The van der Waals surface area contributed by atoms with E-state index in [-0.39, 0.29) is 18.0 Å². The first-order chi connectivity index (χ1) is 10.1. The first-order valence-corrected chi connectivity index (χ1v) is 7.43. The Morgan fingerprint density at radius 1 is 1.33 bits per heavy atom. The molecule has 0 saturated carbocycles. The molecule has 1 saturated heterocycles. The molecule has 2 aliphatic rings. The number of fused-ring (bicyclic) bond motifs is 3. The minimum absolute atomic E-state index is 0.0816. The van der Waals surface area contributed by atoms with Crippen molar-refractivity contribution in [1.82, 2.24) is 10.2 Å². The molecule has 1 aromatic rings. The second-order valence-corrected chi connectivity index (χ2v) is 5.79. The number of amides is 1. The van der Waals surface area contributed by atoms with Crippen molar-refractivity contribution in [2.24, 2.45) is 0 Å². The molecule has 0 aliphatic carbocycles. The summed E-state index contributed by atoms with van der Waals surface area (Å²) in [6, 6.07) is 6.76. The van der Waals surface area contributed by atoms with Crippen LogP contribution in [0, 0.1) is 0 Å². The second kappa shape index (κ2) is 5.48. The molecule has 2 N–H and O–H groups in total. The fraction of sp³-hybridized carbons (Fsp3) is 0.500. The average molecular weight is 288 g/mol. The molecule has 1 amide bonds. The quantitative estimate of drug-likeness (QED) is 0.861. The van der Waals surface area contributed by atoms with Gasteiger partial charge in [-0.3, -0.25) is 4.79 Å². The smallest absolute Gasteiger partial charge is 0.326 e. The monoisotopic (exact) mass is 288 g/mol. The zero-order chi connectivity index (χ0) is 15.0. The number of likely N-dealkylation sites (N-methyl/N-ethyl adjacent to an activating group) is 1. The number of aliphatic carboxylic acids is 1. The van der Waals surface area contributed by atoms with E-state index >= 15 is 0 Å². The predicted molar refractivity (Wildman–Crippen MR) is 77.9 cm³/mol. The Morgan fingerprint density at radius 3 is 2.81 bits per heavy atom. The summed E-state index contributed by atoms with van der Waals surface area (Å²) in [7, 11) is 1.76. The van der Waals surface area contributed by atoms with Gasteiger partial charge in [0, 0.05) is 6.42 Å². The fourth-order valence-electron chi connectivity index (χ4n) is 3.61. The molecule has 5 nitrogen and oxygen atoms in total. The molecule has 2 unspecified atom stereocenters. The van der Waals surface area contributed by atoms with Gasteiger partial charge in [0.25, 0.3) is 0 Å². The molecule has 3 atom stereocenters. The van der Waals surface area contributed by atoms with Gasteiger partial charge in [-0.15, -0.1) is 0 Å². The van der Waals surface area contributed by atoms with Gasteiger partial charge in [-0.2, -0.15) is 0 Å². The molecule has 0 spiro atoms. The van der Waals surface area contributed by atoms with Gasteiger partial charge in [0.05, 0.1) is 12.1 Å². The maximum atomic E-state index is 12.7. The van der Waals surface area contributed by atoms with Crippen LogP contribution in [0.25, 0.3) is 0 Å². The third-order valence-electron chi connectivity index (χ3n) is 4.66. The molecular formula is C16H20N2O3. The van der Waals surface area contributed by atoms with E-state index in [4.69, 9.17) is 0 Å². The van der Waals surface area contributed by atoms with Crippen molar-refractivity contribution < 1.29 is 14.7 Å². The van der Waals surface area contributed by atoms with Gasteiger partial charge in [0.2, 0.25) is 5.91 Å². The summed E-state index contributed by atoms with van der Waals surface area (Å²) >= 11 is 0. The van der Waals surface area contributed by atoms with Gasteiger partial charge in [-0.05, 0) is 37.4 Å². The number of nitrogens with one attached hydrogen (secondary N) is 1. The van der Waals surface area contributed by atoms with Gasteiger partial charge in [-0.1, -0.05) is 24.3 Å². The molecular weight excluding hydrogens is 268 g/mol. The Kier molecular flexibility index (Phi) is 3.68. The Balaban J connectivity index is 2.07. The third-order valence-corrected chi connectivity index (χ3v) is 4.66. The van der Waals surface area contributed by atoms with Crippen molar-refractivity contribution >= 4 is 11.9 Å². The lowest BCUT2D eigenvalue weighted by Crippen LogP contribution is -2.55. The maximum Gasteiger partial charge on any atom is 0.326 e. The van der Waals surface area contributed by atoms with Crippen molar-refractivity contribution in [2.75, 3.05) is 7.05 Å². The third kappa shape index (κ3) is 2.31. The zero-order valence-corrected chi connectivity index (χ0v) is 12.1. The number of carbonyl (C=O) groups excluding carboxylic acids is 1. The molecule has 112 valence electrons. The molecule has 2 heterocycles. The van der Waals surface area contributed by atoms with Crippen LogP contribution in [0.3, 0.4) is 0 Å². The van der Waals surface area contributed by atoms with Crippen molar-refractivity contribution in [2.45, 2.75) is 43.8 Å². The van der Waals surface area contributed by atoms with Crippen molar-refractivity contribution in [3.8, 4) is 0 Å². The maximum absolute atomic E-state index is 12.7. The molecule has 0 aromatic heterocycles. The van der Waals surface area contributed by atoms with Gasteiger partial charge in [-0.25, -0.2) is 4.79 Å². The van der Waals surface area contributed by atoms with E-state index in [9.17, 15) is 14.7 Å². The molecule has 1 aromatic carbocycles. The standard InChI is InChI=1S/C16H20N2O3/c1-17-12-7-4-8-13-11-6-3-2-5-10(11)9-14(16(20)21)18(13)15(12)19/h2-3,5-6,12-14,17H,4,7-9H2,1H3,(H,20,21)/t12?,13?,14-/m0/s1. The molecule has 0 radical (unpaired) electrons. The van der Waals surface area contributed by atoms with E-state index in [1.807, 2.05) is 24.3 Å². The highest BCUT2D eigenvalue weighted by Gasteiger charge is 2.43. The highest BCUT2D eigenvalue weighted by molar-refractivity contribution is 5.88. The number of nitrogens with zero attached hydrogens (tertiary/aromatic N) is 1. The molecule has 1 fully saturated rings. The Labute approximate surface area is 123 Å². The van der Waals surface area contributed by atoms with Crippen LogP contribution in [-0.2, 0) is 16.0 Å². The summed E-state index contributed by atoms with van der Waals surface area (Å²) < 4.78 is 0. The van der Waals surface area contributed by atoms with Crippen molar-refractivity contribution in [1.29, 1.82) is 0 Å². The van der Waals surface area contributed by atoms with E-state index in [0.29, 0.717) is 6.42 Å². The fourth-order valence-corrected chi connectivity index (χ4v) is 3.61.